The van der Waals surface area contributed by atoms with E-state index in [0.29, 0.717) is 22.1 Å². The second kappa shape index (κ2) is 8.16. The summed E-state index contributed by atoms with van der Waals surface area (Å²) in [7, 11) is -3.33. The molecule has 0 spiro atoms. The molecule has 3 atom stereocenters. The zero-order valence-electron chi connectivity index (χ0n) is 17.4. The van der Waals surface area contributed by atoms with E-state index in [1.54, 1.807) is 30.0 Å². The second-order valence-electron chi connectivity index (χ2n) is 8.06. The van der Waals surface area contributed by atoms with Crippen molar-refractivity contribution in [2.75, 3.05) is 23.9 Å². The number of hydrogen-bond acceptors (Lipinski definition) is 7. The van der Waals surface area contributed by atoms with Crippen LogP contribution >= 0.6 is 11.8 Å². The van der Waals surface area contributed by atoms with E-state index in [-0.39, 0.29) is 23.4 Å². The highest BCUT2D eigenvalue weighted by Gasteiger charge is 2.35. The van der Waals surface area contributed by atoms with Gasteiger partial charge in [0.2, 0.25) is 0 Å². The van der Waals surface area contributed by atoms with E-state index < -0.39 is 27.1 Å². The number of thioether (sulfide) groups is 1. The Bertz CT molecular complexity index is 1340. The van der Waals surface area contributed by atoms with E-state index in [1.165, 1.54) is 0 Å². The molecule has 3 unspecified atom stereocenters. The molecule has 3 aromatic rings. The predicted molar refractivity (Wildman–Crippen MR) is 126 cm³/mol. The molecule has 3 aliphatic rings. The van der Waals surface area contributed by atoms with Crippen LogP contribution in [0.3, 0.4) is 0 Å². The number of ether oxygens (including phenoxy) is 3. The van der Waals surface area contributed by atoms with Gasteiger partial charge in [-0.3, -0.25) is 0 Å². The SMILES string of the molecule is O=S1(=O)CCOc2cc(C3C[S+]([O-])c4ccc(C5CSc6ccccc6O5)cc4O3)ccc21. The summed E-state index contributed by atoms with van der Waals surface area (Å²) in [6, 6.07) is 18.7. The minimum absolute atomic E-state index is 0.0224. The Hall–Kier alpha value is -2.33. The van der Waals surface area contributed by atoms with Gasteiger partial charge in [-0.05, 0) is 53.1 Å². The molecule has 170 valence electrons. The van der Waals surface area contributed by atoms with Gasteiger partial charge < -0.3 is 18.8 Å². The fourth-order valence-electron chi connectivity index (χ4n) is 4.23. The summed E-state index contributed by atoms with van der Waals surface area (Å²) < 4.78 is 55.6. The number of fused-ring (bicyclic) bond motifs is 3. The average molecular weight is 501 g/mol. The molecule has 0 saturated carbocycles. The molecule has 0 amide bonds. The quantitative estimate of drug-likeness (QED) is 0.485. The maximum absolute atomic E-state index is 13.0. The van der Waals surface area contributed by atoms with E-state index in [0.717, 1.165) is 27.5 Å². The average Bonchev–Trinajstić information content (AvgIpc) is 2.83. The molecule has 3 heterocycles. The largest absolute Gasteiger partial charge is 0.611 e. The summed E-state index contributed by atoms with van der Waals surface area (Å²) >= 11 is 0.509. The first kappa shape index (κ1) is 21.2. The van der Waals surface area contributed by atoms with E-state index in [1.807, 2.05) is 42.5 Å². The standard InChI is InChI=1S/C24H20O6S3/c25-32-14-21(16-6-8-24-19(12-16)28-9-10-33(24,26)27)30-18-11-15(5-7-23(18)32)20-13-31-22-4-2-1-3-17(22)29-20/h1-8,11-12,20-21H,9-10,13-14H2. The van der Waals surface area contributed by atoms with Crippen molar-refractivity contribution in [3.05, 3.63) is 71.8 Å². The lowest BCUT2D eigenvalue weighted by Gasteiger charge is -2.30. The maximum atomic E-state index is 13.0. The third-order valence-corrected chi connectivity index (χ3v) is 10.2. The Morgan fingerprint density at radius 2 is 1.67 bits per heavy atom. The highest BCUT2D eigenvalue weighted by atomic mass is 32.2. The second-order valence-corrected chi connectivity index (χ2v) is 12.7. The predicted octanol–water partition coefficient (Wildman–Crippen LogP) is 4.32. The molecular weight excluding hydrogens is 480 g/mol. The molecule has 3 aromatic carbocycles. The van der Waals surface area contributed by atoms with E-state index in [4.69, 9.17) is 14.2 Å². The van der Waals surface area contributed by atoms with E-state index in [9.17, 15) is 13.0 Å². The van der Waals surface area contributed by atoms with Crippen LogP contribution in [0.2, 0.25) is 0 Å². The molecule has 9 heteroatoms. The van der Waals surface area contributed by atoms with Crippen LogP contribution in [0.5, 0.6) is 17.2 Å². The van der Waals surface area contributed by atoms with Gasteiger partial charge in [0.05, 0.1) is 5.75 Å². The van der Waals surface area contributed by atoms with Gasteiger partial charge in [-0.1, -0.05) is 24.3 Å². The minimum Gasteiger partial charge on any atom is -0.611 e. The van der Waals surface area contributed by atoms with Crippen LogP contribution in [0.4, 0.5) is 0 Å². The van der Waals surface area contributed by atoms with Gasteiger partial charge in [-0.25, -0.2) is 8.42 Å². The smallest absolute Gasteiger partial charge is 0.194 e. The van der Waals surface area contributed by atoms with Crippen LogP contribution in [0.15, 0.2) is 75.4 Å². The lowest BCUT2D eigenvalue weighted by molar-refractivity contribution is 0.206. The van der Waals surface area contributed by atoms with Gasteiger partial charge in [0, 0.05) is 16.2 Å². The summed E-state index contributed by atoms with van der Waals surface area (Å²) in [6.07, 6.45) is -0.593. The Balaban J connectivity index is 1.29. The number of para-hydroxylation sites is 1. The Morgan fingerprint density at radius 1 is 0.909 bits per heavy atom. The highest BCUT2D eigenvalue weighted by Crippen LogP contribution is 2.44. The van der Waals surface area contributed by atoms with Gasteiger partial charge in [-0.2, -0.15) is 0 Å². The van der Waals surface area contributed by atoms with Crippen LogP contribution in [0.25, 0.3) is 0 Å². The van der Waals surface area contributed by atoms with Crippen molar-refractivity contribution in [1.29, 1.82) is 0 Å². The van der Waals surface area contributed by atoms with Crippen LogP contribution in [0.1, 0.15) is 23.3 Å². The highest BCUT2D eigenvalue weighted by molar-refractivity contribution is 7.99. The number of rotatable bonds is 2. The first-order valence-electron chi connectivity index (χ1n) is 10.5. The van der Waals surface area contributed by atoms with Crippen molar-refractivity contribution in [2.24, 2.45) is 0 Å². The van der Waals surface area contributed by atoms with Crippen LogP contribution < -0.4 is 14.2 Å². The van der Waals surface area contributed by atoms with Gasteiger partial charge in [0.25, 0.3) is 0 Å². The lowest BCUT2D eigenvalue weighted by Crippen LogP contribution is -2.27. The third-order valence-electron chi connectivity index (χ3n) is 5.95. The Morgan fingerprint density at radius 3 is 2.58 bits per heavy atom. The van der Waals surface area contributed by atoms with E-state index in [2.05, 4.69) is 0 Å². The van der Waals surface area contributed by atoms with Gasteiger partial charge in [0.1, 0.15) is 29.1 Å². The lowest BCUT2D eigenvalue weighted by atomic mass is 10.1. The van der Waals surface area contributed by atoms with Gasteiger partial charge in [-0.15, -0.1) is 11.8 Å². The molecule has 33 heavy (non-hydrogen) atoms. The Labute approximate surface area is 199 Å². The van der Waals surface area contributed by atoms with Crippen molar-refractivity contribution in [3.8, 4) is 17.2 Å². The summed E-state index contributed by atoms with van der Waals surface area (Å²) in [6.45, 7) is 0.130. The molecule has 3 aliphatic heterocycles. The molecule has 0 fully saturated rings. The molecule has 0 aromatic heterocycles. The zero-order chi connectivity index (χ0) is 22.6. The zero-order valence-corrected chi connectivity index (χ0v) is 19.9. The Kier molecular flexibility index (Phi) is 5.25. The fraction of sp³-hybridized carbons (Fsp3) is 0.250. The van der Waals surface area contributed by atoms with Crippen molar-refractivity contribution in [1.82, 2.24) is 0 Å². The molecule has 0 bridgehead atoms. The number of hydrogen-bond donors (Lipinski definition) is 0. The van der Waals surface area contributed by atoms with Crippen molar-refractivity contribution >= 4 is 32.8 Å². The molecular formula is C24H20O6S3. The summed E-state index contributed by atoms with van der Waals surface area (Å²) in [4.78, 5) is 1.99. The number of sulfone groups is 1. The van der Waals surface area contributed by atoms with Crippen molar-refractivity contribution in [2.45, 2.75) is 26.9 Å². The third kappa shape index (κ3) is 3.86. The maximum Gasteiger partial charge on any atom is 0.194 e. The molecule has 6 rings (SSSR count). The van der Waals surface area contributed by atoms with Gasteiger partial charge >= 0.3 is 0 Å². The van der Waals surface area contributed by atoms with E-state index >= 15 is 0 Å². The minimum atomic E-state index is -3.33. The van der Waals surface area contributed by atoms with Crippen molar-refractivity contribution in [3.63, 3.8) is 0 Å². The van der Waals surface area contributed by atoms with Crippen molar-refractivity contribution < 1.29 is 27.2 Å². The molecule has 0 aliphatic carbocycles. The summed E-state index contributed by atoms with van der Waals surface area (Å²) in [5.41, 5.74) is 1.71. The topological polar surface area (TPSA) is 84.9 Å². The normalized spacial score (nSPS) is 24.8. The fourth-order valence-corrected chi connectivity index (χ4v) is 7.75. The van der Waals surface area contributed by atoms with Crippen LogP contribution in [-0.4, -0.2) is 36.8 Å². The number of benzene rings is 3. The van der Waals surface area contributed by atoms with Gasteiger partial charge in [0.15, 0.2) is 32.3 Å². The molecule has 0 saturated heterocycles. The molecule has 0 radical (unpaired) electrons. The van der Waals surface area contributed by atoms with Crippen LogP contribution in [0, 0.1) is 0 Å². The molecule has 0 N–H and O–H groups in total. The monoisotopic (exact) mass is 500 g/mol. The molecule has 6 nitrogen and oxygen atoms in total. The van der Waals surface area contributed by atoms with Crippen LogP contribution in [-0.2, 0) is 21.0 Å². The first-order chi connectivity index (χ1) is 16.0. The summed E-state index contributed by atoms with van der Waals surface area (Å²) in [5, 5.41) is 0. The summed E-state index contributed by atoms with van der Waals surface area (Å²) in [5.74, 6) is 2.81. The first-order valence-corrected chi connectivity index (χ1v) is 14.5.